The van der Waals surface area contributed by atoms with Crippen molar-refractivity contribution in [3.05, 3.63) is 59.4 Å². The molecule has 0 unspecified atom stereocenters. The number of imide groups is 1. The third-order valence-electron chi connectivity index (χ3n) is 4.48. The molecule has 0 saturated heterocycles. The quantitative estimate of drug-likeness (QED) is 0.552. The molecule has 1 aliphatic rings. The largest absolute Gasteiger partial charge is 0.288 e. The van der Waals surface area contributed by atoms with Crippen molar-refractivity contribution in [1.29, 1.82) is 0 Å². The summed E-state index contributed by atoms with van der Waals surface area (Å²) in [6.07, 6.45) is 0. The lowest BCUT2D eigenvalue weighted by molar-refractivity contribution is 0.0879. The van der Waals surface area contributed by atoms with Crippen molar-refractivity contribution in [3.8, 4) is 11.4 Å². The van der Waals surface area contributed by atoms with E-state index in [4.69, 9.17) is 0 Å². The maximum Gasteiger partial charge on any atom is 0.261 e. The van der Waals surface area contributed by atoms with E-state index in [2.05, 4.69) is 25.2 Å². The average Bonchev–Trinajstić information content (AvgIpc) is 3.27. The number of rotatable bonds is 5. The molecule has 0 fully saturated rings. The van der Waals surface area contributed by atoms with E-state index in [1.807, 2.05) is 13.8 Å². The molecule has 2 amide bonds. The van der Waals surface area contributed by atoms with Crippen LogP contribution in [-0.4, -0.2) is 35.4 Å². The number of sulfonamides is 1. The first-order chi connectivity index (χ1) is 13.8. The zero-order valence-electron chi connectivity index (χ0n) is 15.6. The molecule has 9 nitrogen and oxygen atoms in total. The summed E-state index contributed by atoms with van der Waals surface area (Å²) >= 11 is 0. The van der Waals surface area contributed by atoms with Gasteiger partial charge in [-0.1, -0.05) is 26.0 Å². The highest BCUT2D eigenvalue weighted by Crippen LogP contribution is 2.29. The standard InChI is InChI=1S/C19H17N5O4S/c1-10(2)16-20-17(23-22-16)13-5-3-4-6-15(13)24-29(27,28)11-7-8-12-14(9-11)19(26)21-18(12)25/h3-10,24H,1-2H3,(H,20,22,23)(H,21,25,26). The Hall–Kier alpha value is -3.53. The van der Waals surface area contributed by atoms with Crippen LogP contribution in [-0.2, 0) is 10.0 Å². The molecule has 1 aromatic heterocycles. The zero-order chi connectivity index (χ0) is 20.8. The van der Waals surface area contributed by atoms with E-state index in [9.17, 15) is 18.0 Å². The normalized spacial score (nSPS) is 13.5. The Morgan fingerprint density at radius 1 is 0.966 bits per heavy atom. The molecule has 3 aromatic rings. The molecule has 4 rings (SSSR count). The van der Waals surface area contributed by atoms with E-state index in [1.165, 1.54) is 18.2 Å². The highest BCUT2D eigenvalue weighted by atomic mass is 32.2. The summed E-state index contributed by atoms with van der Waals surface area (Å²) in [5, 5.41) is 9.16. The summed E-state index contributed by atoms with van der Waals surface area (Å²) in [7, 11) is -4.02. The Morgan fingerprint density at radius 3 is 2.41 bits per heavy atom. The van der Waals surface area contributed by atoms with Crippen LogP contribution in [0.25, 0.3) is 11.4 Å². The number of carbonyl (C=O) groups is 2. The number of aromatic amines is 1. The van der Waals surface area contributed by atoms with Gasteiger partial charge in [-0.3, -0.25) is 24.7 Å². The number of hydrogen-bond acceptors (Lipinski definition) is 6. The van der Waals surface area contributed by atoms with Gasteiger partial charge in [-0.2, -0.15) is 5.10 Å². The van der Waals surface area contributed by atoms with Crippen LogP contribution in [0.15, 0.2) is 47.4 Å². The van der Waals surface area contributed by atoms with E-state index >= 15 is 0 Å². The SMILES string of the molecule is CC(C)c1nc(-c2ccccc2NS(=O)(=O)c2ccc3c(c2)C(=O)NC3=O)n[nH]1. The summed E-state index contributed by atoms with van der Waals surface area (Å²) in [6.45, 7) is 3.93. The second-order valence-electron chi connectivity index (χ2n) is 6.84. The van der Waals surface area contributed by atoms with E-state index in [0.717, 1.165) is 0 Å². The highest BCUT2D eigenvalue weighted by Gasteiger charge is 2.29. The van der Waals surface area contributed by atoms with Crippen molar-refractivity contribution in [2.45, 2.75) is 24.7 Å². The van der Waals surface area contributed by atoms with Crippen LogP contribution in [0.1, 0.15) is 46.3 Å². The number of amides is 2. The first-order valence-electron chi connectivity index (χ1n) is 8.80. The minimum absolute atomic E-state index is 0.0294. The van der Waals surface area contributed by atoms with E-state index in [0.29, 0.717) is 22.9 Å². The third kappa shape index (κ3) is 3.38. The number of nitrogens with one attached hydrogen (secondary N) is 3. The number of para-hydroxylation sites is 1. The van der Waals surface area contributed by atoms with Crippen LogP contribution in [0, 0.1) is 0 Å². The summed E-state index contributed by atoms with van der Waals surface area (Å²) < 4.78 is 28.3. The van der Waals surface area contributed by atoms with Crippen LogP contribution in [0.4, 0.5) is 5.69 Å². The number of aromatic nitrogens is 3. The van der Waals surface area contributed by atoms with Crippen LogP contribution in [0.3, 0.4) is 0 Å². The van der Waals surface area contributed by atoms with Crippen molar-refractivity contribution in [3.63, 3.8) is 0 Å². The van der Waals surface area contributed by atoms with Gasteiger partial charge in [-0.25, -0.2) is 13.4 Å². The average molecular weight is 411 g/mol. The van der Waals surface area contributed by atoms with Gasteiger partial charge in [-0.15, -0.1) is 0 Å². The Bertz CT molecular complexity index is 1250. The molecule has 3 N–H and O–H groups in total. The van der Waals surface area contributed by atoms with Crippen molar-refractivity contribution < 1.29 is 18.0 Å². The third-order valence-corrected chi connectivity index (χ3v) is 5.84. The van der Waals surface area contributed by atoms with Crippen molar-refractivity contribution in [1.82, 2.24) is 20.5 Å². The van der Waals surface area contributed by atoms with E-state index in [-0.39, 0.29) is 21.9 Å². The van der Waals surface area contributed by atoms with Crippen molar-refractivity contribution in [2.24, 2.45) is 0 Å². The number of benzene rings is 2. The first-order valence-corrected chi connectivity index (χ1v) is 10.3. The van der Waals surface area contributed by atoms with Gasteiger partial charge >= 0.3 is 0 Å². The van der Waals surface area contributed by atoms with Crippen molar-refractivity contribution in [2.75, 3.05) is 4.72 Å². The number of fused-ring (bicyclic) bond motifs is 1. The number of hydrogen-bond donors (Lipinski definition) is 3. The topological polar surface area (TPSA) is 134 Å². The molecule has 1 aliphatic heterocycles. The van der Waals surface area contributed by atoms with Gasteiger partial charge in [0.25, 0.3) is 21.8 Å². The van der Waals surface area contributed by atoms with Gasteiger partial charge in [0, 0.05) is 11.5 Å². The van der Waals surface area contributed by atoms with Crippen LogP contribution >= 0.6 is 0 Å². The summed E-state index contributed by atoms with van der Waals surface area (Å²) in [5.74, 6) is 0.0282. The molecule has 29 heavy (non-hydrogen) atoms. The maximum absolute atomic E-state index is 12.9. The molecule has 0 aliphatic carbocycles. The molecule has 148 valence electrons. The minimum atomic E-state index is -4.02. The molecule has 2 heterocycles. The Labute approximate surface area is 166 Å². The molecule has 2 aromatic carbocycles. The zero-order valence-corrected chi connectivity index (χ0v) is 16.4. The molecule has 0 spiro atoms. The van der Waals surface area contributed by atoms with Gasteiger partial charge < -0.3 is 0 Å². The van der Waals surface area contributed by atoms with E-state index < -0.39 is 21.8 Å². The Balaban J connectivity index is 1.70. The lowest BCUT2D eigenvalue weighted by Crippen LogP contribution is -2.20. The van der Waals surface area contributed by atoms with Crippen LogP contribution in [0.5, 0.6) is 0 Å². The monoisotopic (exact) mass is 411 g/mol. The summed E-state index contributed by atoms with van der Waals surface area (Å²) in [5.41, 5.74) is 0.981. The molecular weight excluding hydrogens is 394 g/mol. The smallest absolute Gasteiger partial charge is 0.261 e. The molecule has 0 saturated carbocycles. The fourth-order valence-corrected chi connectivity index (χ4v) is 4.04. The maximum atomic E-state index is 12.9. The van der Waals surface area contributed by atoms with Gasteiger partial charge in [0.1, 0.15) is 5.82 Å². The fourth-order valence-electron chi connectivity index (χ4n) is 2.94. The van der Waals surface area contributed by atoms with Gasteiger partial charge in [0.2, 0.25) is 0 Å². The van der Waals surface area contributed by atoms with Gasteiger partial charge in [-0.05, 0) is 30.3 Å². The number of nitrogens with zero attached hydrogens (tertiary/aromatic N) is 2. The molecule has 0 bridgehead atoms. The predicted octanol–water partition coefficient (Wildman–Crippen LogP) is 2.28. The molecule has 10 heteroatoms. The lowest BCUT2D eigenvalue weighted by atomic mass is 10.1. The first kappa shape index (κ1) is 18.8. The number of carbonyl (C=O) groups excluding carboxylic acids is 2. The fraction of sp³-hybridized carbons (Fsp3) is 0.158. The Kier molecular flexibility index (Phi) is 4.42. The number of H-pyrrole nitrogens is 1. The van der Waals surface area contributed by atoms with Gasteiger partial charge in [0.15, 0.2) is 5.82 Å². The molecular formula is C19H17N5O4S. The highest BCUT2D eigenvalue weighted by molar-refractivity contribution is 7.92. The van der Waals surface area contributed by atoms with Crippen molar-refractivity contribution >= 4 is 27.5 Å². The van der Waals surface area contributed by atoms with Crippen LogP contribution in [0.2, 0.25) is 0 Å². The summed E-state index contributed by atoms with van der Waals surface area (Å²) in [6, 6.07) is 10.5. The molecule has 0 radical (unpaired) electrons. The van der Waals surface area contributed by atoms with Gasteiger partial charge in [0.05, 0.1) is 21.7 Å². The van der Waals surface area contributed by atoms with E-state index in [1.54, 1.807) is 24.3 Å². The Morgan fingerprint density at radius 2 is 1.69 bits per heavy atom. The predicted molar refractivity (Wildman–Crippen MR) is 105 cm³/mol. The summed E-state index contributed by atoms with van der Waals surface area (Å²) in [4.78, 5) is 27.8. The molecule has 0 atom stereocenters. The van der Waals surface area contributed by atoms with Crippen LogP contribution < -0.4 is 10.0 Å². The lowest BCUT2D eigenvalue weighted by Gasteiger charge is -2.11. The minimum Gasteiger partial charge on any atom is -0.288 e. The second-order valence-corrected chi connectivity index (χ2v) is 8.52. The number of anilines is 1. The second kappa shape index (κ2) is 6.82.